The Morgan fingerprint density at radius 3 is 2.38 bits per heavy atom. The van der Waals surface area contributed by atoms with Gasteiger partial charge < -0.3 is 20.1 Å². The van der Waals surface area contributed by atoms with Crippen LogP contribution in [0.4, 0.5) is 0 Å². The first kappa shape index (κ1) is 5.97. The molecule has 0 aromatic carbocycles. The average Bonchev–Trinajstić information content (AvgIpc) is 2.47. The summed E-state index contributed by atoms with van der Waals surface area (Å²) in [6.45, 7) is -0.342. The maximum absolute atomic E-state index is 8.77. The number of aliphatic hydroxyl groups excluding tert-OH is 2. The molecule has 0 aliphatic carbocycles. The van der Waals surface area contributed by atoms with Gasteiger partial charge >= 0.3 is 0 Å². The zero-order chi connectivity index (χ0) is 6.20. The molecule has 4 heteroatoms. The van der Waals surface area contributed by atoms with Crippen molar-refractivity contribution in [3.8, 4) is 0 Å². The molecule has 0 aromatic rings. The Morgan fingerprint density at radius 2 is 2.25 bits per heavy atom. The lowest BCUT2D eigenvalue weighted by Crippen LogP contribution is -2.32. The lowest BCUT2D eigenvalue weighted by molar-refractivity contribution is -0.0894. The van der Waals surface area contributed by atoms with Crippen molar-refractivity contribution in [2.45, 2.75) is 11.9 Å². The summed E-state index contributed by atoms with van der Waals surface area (Å²) in [5.41, 5.74) is 0. The molecule has 1 heterocycles. The van der Waals surface area contributed by atoms with Gasteiger partial charge in [-0.25, -0.2) is 0 Å². The monoisotopic (exact) mass is 120 g/mol. The highest BCUT2D eigenvalue weighted by molar-refractivity contribution is 4.86. The van der Waals surface area contributed by atoms with Gasteiger partial charge in [-0.3, -0.25) is 0 Å². The van der Waals surface area contributed by atoms with Crippen LogP contribution in [0.1, 0.15) is 0 Å². The van der Waals surface area contributed by atoms with Gasteiger partial charge in [-0.2, -0.15) is 0 Å². The van der Waals surface area contributed by atoms with Gasteiger partial charge in [0, 0.05) is 0 Å². The van der Waals surface area contributed by atoms with E-state index in [4.69, 9.17) is 15.3 Å². The minimum absolute atomic E-state index is 0.120. The summed E-state index contributed by atoms with van der Waals surface area (Å²) >= 11 is 0. The van der Waals surface area contributed by atoms with E-state index in [1.165, 1.54) is 0 Å². The lowest BCUT2D eigenvalue weighted by Gasteiger charge is -2.08. The number of aliphatic hydroxyl groups is 3. The highest BCUT2D eigenvalue weighted by atomic mass is 16.7. The number of hydrogen-bond acceptors (Lipinski definition) is 4. The predicted octanol–water partition coefficient (Wildman–Crippen LogP) is -1.94. The van der Waals surface area contributed by atoms with Crippen molar-refractivity contribution >= 4 is 0 Å². The van der Waals surface area contributed by atoms with Gasteiger partial charge in [0.1, 0.15) is 12.7 Å². The standard InChI is InChI=1S/C4H8O4/c5-1-3(6)4(7)2-8-4/h3,5-7H,1-2H2. The van der Waals surface area contributed by atoms with Gasteiger partial charge in [0.05, 0.1) is 6.61 Å². The summed E-state index contributed by atoms with van der Waals surface area (Å²) in [6.07, 6.45) is -1.15. The molecule has 1 fully saturated rings. The Morgan fingerprint density at radius 1 is 1.75 bits per heavy atom. The fraction of sp³-hybridized carbons (Fsp3) is 1.00. The van der Waals surface area contributed by atoms with E-state index in [9.17, 15) is 0 Å². The molecular formula is C4H8O4. The maximum Gasteiger partial charge on any atom is 0.218 e. The molecule has 0 radical (unpaired) electrons. The van der Waals surface area contributed by atoms with E-state index in [1.807, 2.05) is 0 Å². The summed E-state index contributed by atoms with van der Waals surface area (Å²) in [5.74, 6) is -1.44. The van der Waals surface area contributed by atoms with Crippen LogP contribution in [0.3, 0.4) is 0 Å². The van der Waals surface area contributed by atoms with Crippen molar-refractivity contribution in [1.82, 2.24) is 0 Å². The van der Waals surface area contributed by atoms with E-state index < -0.39 is 18.5 Å². The molecule has 8 heavy (non-hydrogen) atoms. The Kier molecular flexibility index (Phi) is 1.24. The molecule has 0 aromatic heterocycles. The molecule has 4 nitrogen and oxygen atoms in total. The van der Waals surface area contributed by atoms with Crippen LogP contribution in [0.15, 0.2) is 0 Å². The third kappa shape index (κ3) is 0.830. The van der Waals surface area contributed by atoms with Crippen molar-refractivity contribution in [2.24, 2.45) is 0 Å². The van der Waals surface area contributed by atoms with Crippen LogP contribution in [-0.4, -0.2) is 40.4 Å². The van der Waals surface area contributed by atoms with Crippen LogP contribution in [-0.2, 0) is 4.74 Å². The van der Waals surface area contributed by atoms with Gasteiger partial charge in [0.15, 0.2) is 0 Å². The van der Waals surface area contributed by atoms with E-state index in [0.717, 1.165) is 0 Å². The van der Waals surface area contributed by atoms with E-state index in [1.54, 1.807) is 0 Å². The molecule has 0 saturated carbocycles. The average molecular weight is 120 g/mol. The van der Waals surface area contributed by atoms with Gasteiger partial charge in [0.25, 0.3) is 0 Å². The number of epoxide rings is 1. The quantitative estimate of drug-likeness (QED) is 0.371. The molecule has 1 saturated heterocycles. The smallest absolute Gasteiger partial charge is 0.218 e. The van der Waals surface area contributed by atoms with Crippen molar-refractivity contribution in [1.29, 1.82) is 0 Å². The molecule has 1 aliphatic heterocycles. The molecule has 0 spiro atoms. The van der Waals surface area contributed by atoms with E-state index in [-0.39, 0.29) is 6.61 Å². The fourth-order valence-electron chi connectivity index (χ4n) is 0.409. The topological polar surface area (TPSA) is 73.2 Å². The summed E-state index contributed by atoms with van der Waals surface area (Å²) in [7, 11) is 0. The van der Waals surface area contributed by atoms with Crippen molar-refractivity contribution in [3.63, 3.8) is 0 Å². The number of ether oxygens (including phenoxy) is 1. The molecule has 48 valence electrons. The van der Waals surface area contributed by atoms with E-state index >= 15 is 0 Å². The second-order valence-electron chi connectivity index (χ2n) is 1.83. The molecule has 0 amide bonds. The van der Waals surface area contributed by atoms with Gasteiger partial charge in [0.2, 0.25) is 5.79 Å². The molecule has 3 N–H and O–H groups in total. The summed E-state index contributed by atoms with van der Waals surface area (Å²) in [4.78, 5) is 0. The summed E-state index contributed by atoms with van der Waals surface area (Å²) < 4.78 is 4.39. The molecule has 1 aliphatic rings. The lowest BCUT2D eigenvalue weighted by atomic mass is 10.2. The van der Waals surface area contributed by atoms with Crippen molar-refractivity contribution < 1.29 is 20.1 Å². The first-order valence-electron chi connectivity index (χ1n) is 2.34. The minimum Gasteiger partial charge on any atom is -0.393 e. The fourth-order valence-corrected chi connectivity index (χ4v) is 0.409. The molecule has 0 bridgehead atoms. The minimum atomic E-state index is -1.44. The first-order valence-corrected chi connectivity index (χ1v) is 2.34. The van der Waals surface area contributed by atoms with Crippen molar-refractivity contribution in [3.05, 3.63) is 0 Å². The second kappa shape index (κ2) is 1.66. The Bertz CT molecular complexity index is 88.0. The second-order valence-corrected chi connectivity index (χ2v) is 1.83. The third-order valence-corrected chi connectivity index (χ3v) is 1.13. The zero-order valence-corrected chi connectivity index (χ0v) is 4.24. The van der Waals surface area contributed by atoms with Gasteiger partial charge in [-0.1, -0.05) is 0 Å². The van der Waals surface area contributed by atoms with E-state index in [2.05, 4.69) is 4.74 Å². The first-order chi connectivity index (χ1) is 3.69. The van der Waals surface area contributed by atoms with Crippen LogP contribution in [0.5, 0.6) is 0 Å². The molecular weight excluding hydrogens is 112 g/mol. The molecule has 2 atom stereocenters. The normalized spacial score (nSPS) is 39.4. The highest BCUT2D eigenvalue weighted by Crippen LogP contribution is 2.26. The maximum atomic E-state index is 8.77. The Hall–Kier alpha value is -0.160. The molecule has 1 rings (SSSR count). The SMILES string of the molecule is OCC(O)C1(O)CO1. The van der Waals surface area contributed by atoms with Crippen molar-refractivity contribution in [2.75, 3.05) is 13.2 Å². The highest BCUT2D eigenvalue weighted by Gasteiger charge is 2.49. The van der Waals surface area contributed by atoms with Gasteiger partial charge in [-0.15, -0.1) is 0 Å². The van der Waals surface area contributed by atoms with Gasteiger partial charge in [-0.05, 0) is 0 Å². The number of hydrogen-bond donors (Lipinski definition) is 3. The van der Waals surface area contributed by atoms with Crippen LogP contribution in [0.2, 0.25) is 0 Å². The molecule has 2 unspecified atom stereocenters. The number of rotatable bonds is 2. The Balaban J connectivity index is 2.34. The third-order valence-electron chi connectivity index (χ3n) is 1.13. The Labute approximate surface area is 46.3 Å². The van der Waals surface area contributed by atoms with E-state index in [0.29, 0.717) is 0 Å². The van der Waals surface area contributed by atoms with Crippen LogP contribution in [0, 0.1) is 0 Å². The van der Waals surface area contributed by atoms with Crippen LogP contribution >= 0.6 is 0 Å². The van der Waals surface area contributed by atoms with Crippen LogP contribution < -0.4 is 0 Å². The predicted molar refractivity (Wildman–Crippen MR) is 24.0 cm³/mol. The summed E-state index contributed by atoms with van der Waals surface area (Å²) in [6, 6.07) is 0. The largest absolute Gasteiger partial charge is 0.393 e. The zero-order valence-electron chi connectivity index (χ0n) is 4.24. The van der Waals surface area contributed by atoms with Crippen LogP contribution in [0.25, 0.3) is 0 Å². The summed E-state index contributed by atoms with van der Waals surface area (Å²) in [5, 5.41) is 25.6.